The molecule has 5 nitrogen and oxygen atoms in total. The molecule has 158 valence electrons. The Morgan fingerprint density at radius 2 is 1.59 bits per heavy atom. The number of aliphatic hydroxyl groups excluding tert-OH is 3. The van der Waals surface area contributed by atoms with Crippen LogP contribution in [0.4, 0.5) is 13.2 Å². The molecule has 0 unspecified atom stereocenters. The largest absolute Gasteiger partial charge is 0.416 e. The van der Waals surface area contributed by atoms with Crippen molar-refractivity contribution in [3.8, 4) is 11.1 Å². The van der Waals surface area contributed by atoms with Crippen molar-refractivity contribution in [2.75, 3.05) is 19.7 Å². The number of alkyl halides is 3. The van der Waals surface area contributed by atoms with E-state index in [1.165, 1.54) is 12.1 Å². The van der Waals surface area contributed by atoms with Gasteiger partial charge in [0.15, 0.2) is 0 Å². The van der Waals surface area contributed by atoms with E-state index in [9.17, 15) is 28.5 Å². The molecule has 0 saturated carbocycles. The Labute approximate surface area is 167 Å². The first kappa shape index (κ1) is 21.7. The Bertz CT molecular complexity index is 781. The Morgan fingerprint density at radius 1 is 1.00 bits per heavy atom. The van der Waals surface area contributed by atoms with Gasteiger partial charge in [0.1, 0.15) is 0 Å². The molecule has 1 fully saturated rings. The number of hydrogen-bond donors (Lipinski definition) is 5. The second-order valence-electron chi connectivity index (χ2n) is 7.25. The topological polar surface area (TPSA) is 84.8 Å². The van der Waals surface area contributed by atoms with E-state index in [-0.39, 0.29) is 18.7 Å². The SMILES string of the molecule is OC[C@H](NCC[C@@H]1NC[C@H](O)[C@@H]1O)c1ccc(-c2ccc(C(F)(F)F)cc2)cc1. The molecule has 8 heteroatoms. The van der Waals surface area contributed by atoms with Gasteiger partial charge in [0.2, 0.25) is 0 Å². The Kier molecular flexibility index (Phi) is 6.92. The summed E-state index contributed by atoms with van der Waals surface area (Å²) < 4.78 is 38.0. The molecule has 29 heavy (non-hydrogen) atoms. The van der Waals surface area contributed by atoms with E-state index in [1.54, 1.807) is 12.1 Å². The monoisotopic (exact) mass is 410 g/mol. The van der Waals surface area contributed by atoms with E-state index in [0.717, 1.165) is 23.3 Å². The van der Waals surface area contributed by atoms with Crippen LogP contribution in [0.25, 0.3) is 11.1 Å². The van der Waals surface area contributed by atoms with Crippen LogP contribution in [0.3, 0.4) is 0 Å². The van der Waals surface area contributed by atoms with E-state index >= 15 is 0 Å². The Hall–Kier alpha value is -1.97. The predicted molar refractivity (Wildman–Crippen MR) is 103 cm³/mol. The molecule has 0 aromatic heterocycles. The molecule has 2 aromatic carbocycles. The molecule has 5 N–H and O–H groups in total. The molecule has 1 aliphatic rings. The zero-order chi connectivity index (χ0) is 21.0. The Morgan fingerprint density at radius 3 is 2.07 bits per heavy atom. The maximum atomic E-state index is 12.7. The van der Waals surface area contributed by atoms with Gasteiger partial charge in [-0.1, -0.05) is 36.4 Å². The third-order valence-corrected chi connectivity index (χ3v) is 5.28. The molecule has 1 heterocycles. The highest BCUT2D eigenvalue weighted by Crippen LogP contribution is 2.31. The van der Waals surface area contributed by atoms with Gasteiger partial charge >= 0.3 is 6.18 Å². The number of aliphatic hydroxyl groups is 3. The summed E-state index contributed by atoms with van der Waals surface area (Å²) >= 11 is 0. The minimum Gasteiger partial charge on any atom is -0.394 e. The third kappa shape index (κ3) is 5.34. The standard InChI is InChI=1S/C21H25F3N2O3/c22-21(23,24)16-7-5-14(6-8-16)13-1-3-15(4-2-13)18(12-27)25-10-9-17-20(29)19(28)11-26-17/h1-8,17-20,25-29H,9-12H2/t17-,18-,19-,20+/m0/s1. The maximum Gasteiger partial charge on any atom is 0.416 e. The lowest BCUT2D eigenvalue weighted by Crippen LogP contribution is -2.37. The van der Waals surface area contributed by atoms with Crippen LogP contribution in [0.5, 0.6) is 0 Å². The fourth-order valence-corrected chi connectivity index (χ4v) is 3.52. The number of β-amino-alcohol motifs (C(OH)–C–C–N with tert-alkyl or cyclic N) is 1. The molecule has 0 bridgehead atoms. The van der Waals surface area contributed by atoms with Crippen LogP contribution in [-0.2, 0) is 6.18 Å². The van der Waals surface area contributed by atoms with Crippen molar-refractivity contribution in [1.82, 2.24) is 10.6 Å². The summed E-state index contributed by atoms with van der Waals surface area (Å²) in [4.78, 5) is 0. The summed E-state index contributed by atoms with van der Waals surface area (Å²) in [5, 5.41) is 35.4. The fourth-order valence-electron chi connectivity index (χ4n) is 3.52. The van der Waals surface area contributed by atoms with Gasteiger partial charge in [-0.25, -0.2) is 0 Å². The molecule has 1 saturated heterocycles. The normalized spacial score (nSPS) is 23.3. The molecular weight excluding hydrogens is 385 g/mol. The Balaban J connectivity index is 1.59. The number of nitrogens with one attached hydrogen (secondary N) is 2. The van der Waals surface area contributed by atoms with Crippen LogP contribution in [0.2, 0.25) is 0 Å². The quantitative estimate of drug-likeness (QED) is 0.483. The van der Waals surface area contributed by atoms with Crippen molar-refractivity contribution < 1.29 is 28.5 Å². The van der Waals surface area contributed by atoms with Gasteiger partial charge in [-0.2, -0.15) is 13.2 Å². The zero-order valence-corrected chi connectivity index (χ0v) is 15.7. The van der Waals surface area contributed by atoms with Crippen LogP contribution < -0.4 is 10.6 Å². The highest BCUT2D eigenvalue weighted by molar-refractivity contribution is 5.64. The average molecular weight is 410 g/mol. The third-order valence-electron chi connectivity index (χ3n) is 5.28. The highest BCUT2D eigenvalue weighted by atomic mass is 19.4. The van der Waals surface area contributed by atoms with Crippen LogP contribution in [-0.4, -0.2) is 53.3 Å². The molecule has 0 amide bonds. The number of halogens is 3. The van der Waals surface area contributed by atoms with Gasteiger partial charge in [-0.3, -0.25) is 0 Å². The molecular formula is C21H25F3N2O3. The molecule has 2 aromatic rings. The molecule has 0 spiro atoms. The summed E-state index contributed by atoms with van der Waals surface area (Å²) in [5.74, 6) is 0. The van der Waals surface area contributed by atoms with Crippen LogP contribution in [0, 0.1) is 0 Å². The zero-order valence-electron chi connectivity index (χ0n) is 15.7. The first-order chi connectivity index (χ1) is 13.8. The first-order valence-corrected chi connectivity index (χ1v) is 9.51. The molecule has 0 aliphatic carbocycles. The van der Waals surface area contributed by atoms with Crippen molar-refractivity contribution in [2.45, 2.75) is 36.9 Å². The van der Waals surface area contributed by atoms with E-state index in [2.05, 4.69) is 10.6 Å². The molecule has 4 atom stereocenters. The van der Waals surface area contributed by atoms with Crippen molar-refractivity contribution in [3.63, 3.8) is 0 Å². The van der Waals surface area contributed by atoms with Crippen molar-refractivity contribution in [2.24, 2.45) is 0 Å². The predicted octanol–water partition coefficient (Wildman–Crippen LogP) is 2.08. The van der Waals surface area contributed by atoms with Gasteiger partial charge < -0.3 is 26.0 Å². The number of rotatable bonds is 7. The summed E-state index contributed by atoms with van der Waals surface area (Å²) in [7, 11) is 0. The van der Waals surface area contributed by atoms with Gasteiger partial charge in [0, 0.05) is 12.6 Å². The lowest BCUT2D eigenvalue weighted by Gasteiger charge is -2.20. The van der Waals surface area contributed by atoms with Gasteiger partial charge in [-0.05, 0) is 41.8 Å². The van der Waals surface area contributed by atoms with E-state index in [1.807, 2.05) is 12.1 Å². The maximum absolute atomic E-state index is 12.7. The number of hydrogen-bond acceptors (Lipinski definition) is 5. The van der Waals surface area contributed by atoms with Crippen LogP contribution in [0.1, 0.15) is 23.6 Å². The second-order valence-corrected chi connectivity index (χ2v) is 7.25. The van der Waals surface area contributed by atoms with Gasteiger partial charge in [0.05, 0.1) is 30.4 Å². The summed E-state index contributed by atoms with van der Waals surface area (Å²) in [6, 6.07) is 11.8. The van der Waals surface area contributed by atoms with Crippen molar-refractivity contribution in [1.29, 1.82) is 0 Å². The lowest BCUT2D eigenvalue weighted by molar-refractivity contribution is -0.137. The first-order valence-electron chi connectivity index (χ1n) is 9.51. The van der Waals surface area contributed by atoms with Crippen LogP contribution >= 0.6 is 0 Å². The van der Waals surface area contributed by atoms with E-state index in [0.29, 0.717) is 25.1 Å². The number of benzene rings is 2. The summed E-state index contributed by atoms with van der Waals surface area (Å²) in [6.07, 6.45) is -5.32. The fraction of sp³-hybridized carbons (Fsp3) is 0.429. The molecule has 0 radical (unpaired) electrons. The van der Waals surface area contributed by atoms with Gasteiger partial charge in [-0.15, -0.1) is 0 Å². The van der Waals surface area contributed by atoms with Crippen molar-refractivity contribution in [3.05, 3.63) is 59.7 Å². The minimum atomic E-state index is -4.36. The van der Waals surface area contributed by atoms with E-state index < -0.39 is 23.9 Å². The van der Waals surface area contributed by atoms with Crippen molar-refractivity contribution >= 4 is 0 Å². The highest BCUT2D eigenvalue weighted by Gasteiger charge is 2.32. The smallest absolute Gasteiger partial charge is 0.394 e. The van der Waals surface area contributed by atoms with E-state index in [4.69, 9.17) is 0 Å². The molecule has 1 aliphatic heterocycles. The summed E-state index contributed by atoms with van der Waals surface area (Å²) in [6.45, 7) is 0.775. The second kappa shape index (κ2) is 9.23. The van der Waals surface area contributed by atoms with Gasteiger partial charge in [0.25, 0.3) is 0 Å². The summed E-state index contributed by atoms with van der Waals surface area (Å²) in [5.41, 5.74) is 1.63. The average Bonchev–Trinajstić information content (AvgIpc) is 3.03. The van der Waals surface area contributed by atoms with Crippen LogP contribution in [0.15, 0.2) is 48.5 Å². The minimum absolute atomic E-state index is 0.122. The lowest BCUT2D eigenvalue weighted by atomic mass is 9.99. The molecule has 3 rings (SSSR count).